The topological polar surface area (TPSA) is 41.4 Å². The first-order valence-corrected chi connectivity index (χ1v) is 11.6. The minimum Gasteiger partial charge on any atom is -0.342 e. The Balaban J connectivity index is 1.40. The first-order valence-electron chi connectivity index (χ1n) is 11.6. The van der Waals surface area contributed by atoms with Gasteiger partial charge in [-0.05, 0) is 51.0 Å². The molecule has 1 amide bonds. The van der Waals surface area contributed by atoms with Crippen molar-refractivity contribution in [2.24, 2.45) is 11.3 Å². The standard InChI is InChI=1S/C23H38N4O/c1-19(2)9-13-26-17-23(11-8-22(26)28)10-5-12-25(16-23)15-21-14-24-18-27(21)20-6-3-4-7-20/h14,18-20H,3-13,15-17H2,1-2H3/t23-/m0/s1. The molecule has 3 aliphatic rings. The SMILES string of the molecule is CC(C)CCN1C[C@@]2(CCCN(Cc3cncn3C3CCCC3)C2)CCC1=O. The second kappa shape index (κ2) is 8.56. The van der Waals surface area contributed by atoms with Gasteiger partial charge in [0.25, 0.3) is 0 Å². The van der Waals surface area contributed by atoms with E-state index in [0.717, 1.165) is 45.4 Å². The lowest BCUT2D eigenvalue weighted by Crippen LogP contribution is -2.54. The van der Waals surface area contributed by atoms with E-state index in [9.17, 15) is 4.79 Å². The van der Waals surface area contributed by atoms with Gasteiger partial charge in [-0.25, -0.2) is 4.98 Å². The van der Waals surface area contributed by atoms with Crippen LogP contribution in [0.2, 0.25) is 0 Å². The summed E-state index contributed by atoms with van der Waals surface area (Å²) in [6, 6.07) is 0.662. The highest BCUT2D eigenvalue weighted by atomic mass is 16.2. The van der Waals surface area contributed by atoms with E-state index in [4.69, 9.17) is 0 Å². The quantitative estimate of drug-likeness (QED) is 0.734. The first kappa shape index (κ1) is 19.9. The summed E-state index contributed by atoms with van der Waals surface area (Å²) >= 11 is 0. The first-order chi connectivity index (χ1) is 13.5. The molecule has 3 heterocycles. The molecule has 4 rings (SSSR count). The van der Waals surface area contributed by atoms with Gasteiger partial charge < -0.3 is 9.47 Å². The number of carbonyl (C=O) groups is 1. The number of likely N-dealkylation sites (tertiary alicyclic amines) is 2. The summed E-state index contributed by atoms with van der Waals surface area (Å²) in [4.78, 5) is 21.8. The van der Waals surface area contributed by atoms with Crippen LogP contribution in [0.5, 0.6) is 0 Å². The predicted molar refractivity (Wildman–Crippen MR) is 112 cm³/mol. The third kappa shape index (κ3) is 4.45. The maximum Gasteiger partial charge on any atom is 0.222 e. The molecule has 2 saturated heterocycles. The lowest BCUT2D eigenvalue weighted by Gasteiger charge is -2.48. The Bertz CT molecular complexity index is 663. The molecule has 156 valence electrons. The molecular weight excluding hydrogens is 348 g/mol. The van der Waals surface area contributed by atoms with Crippen molar-refractivity contribution in [3.63, 3.8) is 0 Å². The Labute approximate surface area is 170 Å². The van der Waals surface area contributed by atoms with E-state index < -0.39 is 0 Å². The van der Waals surface area contributed by atoms with Gasteiger partial charge in [0.15, 0.2) is 0 Å². The zero-order valence-electron chi connectivity index (χ0n) is 17.9. The van der Waals surface area contributed by atoms with E-state index in [-0.39, 0.29) is 0 Å². The summed E-state index contributed by atoms with van der Waals surface area (Å²) in [5, 5.41) is 0. The molecule has 1 saturated carbocycles. The van der Waals surface area contributed by atoms with Crippen molar-refractivity contribution in [1.82, 2.24) is 19.4 Å². The van der Waals surface area contributed by atoms with Crippen molar-refractivity contribution in [2.45, 2.75) is 84.2 Å². The molecule has 0 unspecified atom stereocenters. The van der Waals surface area contributed by atoms with Crippen molar-refractivity contribution >= 4 is 5.91 Å². The summed E-state index contributed by atoms with van der Waals surface area (Å²) in [6.07, 6.45) is 14.9. The highest BCUT2D eigenvalue weighted by Crippen LogP contribution is 2.39. The Morgan fingerprint density at radius 2 is 2.00 bits per heavy atom. The molecule has 1 spiro atoms. The number of amides is 1. The molecule has 0 bridgehead atoms. The molecule has 0 N–H and O–H groups in total. The minimum atomic E-state index is 0.307. The Morgan fingerprint density at radius 3 is 2.79 bits per heavy atom. The largest absolute Gasteiger partial charge is 0.342 e. The molecule has 3 fully saturated rings. The summed E-state index contributed by atoms with van der Waals surface area (Å²) < 4.78 is 2.45. The van der Waals surface area contributed by atoms with E-state index in [1.807, 2.05) is 0 Å². The molecule has 1 aromatic rings. The van der Waals surface area contributed by atoms with Gasteiger partial charge in [-0.3, -0.25) is 9.69 Å². The van der Waals surface area contributed by atoms with Crippen LogP contribution >= 0.6 is 0 Å². The molecule has 28 heavy (non-hydrogen) atoms. The van der Waals surface area contributed by atoms with Crippen LogP contribution in [0.3, 0.4) is 0 Å². The lowest BCUT2D eigenvalue weighted by atomic mass is 9.73. The number of imidazole rings is 1. The summed E-state index contributed by atoms with van der Waals surface area (Å²) in [5.41, 5.74) is 1.69. The van der Waals surface area contributed by atoms with Crippen LogP contribution in [0.25, 0.3) is 0 Å². The average Bonchev–Trinajstić information content (AvgIpc) is 3.34. The highest BCUT2D eigenvalue weighted by molar-refractivity contribution is 5.77. The normalized spacial score (nSPS) is 27.4. The Hall–Kier alpha value is -1.36. The van der Waals surface area contributed by atoms with E-state index >= 15 is 0 Å². The van der Waals surface area contributed by atoms with Crippen LogP contribution in [0.15, 0.2) is 12.5 Å². The predicted octanol–water partition coefficient (Wildman–Crippen LogP) is 4.25. The van der Waals surface area contributed by atoms with Gasteiger partial charge >= 0.3 is 0 Å². The molecule has 5 nitrogen and oxygen atoms in total. The second-order valence-corrected chi connectivity index (χ2v) is 10.0. The third-order valence-electron chi connectivity index (χ3n) is 7.31. The van der Waals surface area contributed by atoms with E-state index in [1.54, 1.807) is 0 Å². The van der Waals surface area contributed by atoms with Crippen LogP contribution in [0.1, 0.15) is 83.4 Å². The van der Waals surface area contributed by atoms with E-state index in [1.165, 1.54) is 50.8 Å². The molecule has 0 aromatic carbocycles. The second-order valence-electron chi connectivity index (χ2n) is 10.0. The fraction of sp³-hybridized carbons (Fsp3) is 0.826. The number of piperidine rings is 2. The molecule has 0 radical (unpaired) electrons. The van der Waals surface area contributed by atoms with Gasteiger partial charge in [-0.15, -0.1) is 0 Å². The fourth-order valence-electron chi connectivity index (χ4n) is 5.69. The van der Waals surface area contributed by atoms with Crippen LogP contribution in [-0.2, 0) is 11.3 Å². The van der Waals surface area contributed by atoms with Crippen molar-refractivity contribution in [2.75, 3.05) is 26.2 Å². The van der Waals surface area contributed by atoms with E-state index in [2.05, 4.69) is 45.7 Å². The number of aromatic nitrogens is 2. The van der Waals surface area contributed by atoms with Crippen molar-refractivity contribution < 1.29 is 4.79 Å². The molecule has 2 aliphatic heterocycles. The number of rotatable bonds is 6. The molecule has 1 atom stereocenters. The summed E-state index contributed by atoms with van der Waals surface area (Å²) in [7, 11) is 0. The Kier molecular flexibility index (Phi) is 6.10. The van der Waals surface area contributed by atoms with Gasteiger partial charge in [0.1, 0.15) is 0 Å². The highest BCUT2D eigenvalue weighted by Gasteiger charge is 2.41. The zero-order chi connectivity index (χ0) is 19.6. The van der Waals surface area contributed by atoms with Gasteiger partial charge in [0, 0.05) is 50.3 Å². The molecule has 5 heteroatoms. The maximum atomic E-state index is 12.5. The summed E-state index contributed by atoms with van der Waals surface area (Å²) in [5.74, 6) is 1.03. The van der Waals surface area contributed by atoms with Crippen LogP contribution in [-0.4, -0.2) is 51.4 Å². The average molecular weight is 387 g/mol. The smallest absolute Gasteiger partial charge is 0.222 e. The summed E-state index contributed by atoms with van der Waals surface area (Å²) in [6.45, 7) is 9.73. The van der Waals surface area contributed by atoms with E-state index in [0.29, 0.717) is 23.3 Å². The molecule has 1 aliphatic carbocycles. The minimum absolute atomic E-state index is 0.307. The van der Waals surface area contributed by atoms with Crippen LogP contribution in [0, 0.1) is 11.3 Å². The van der Waals surface area contributed by atoms with Gasteiger partial charge in [-0.2, -0.15) is 0 Å². The molecule has 1 aromatic heterocycles. The van der Waals surface area contributed by atoms with Crippen molar-refractivity contribution in [1.29, 1.82) is 0 Å². The Morgan fingerprint density at radius 1 is 1.18 bits per heavy atom. The fourth-order valence-corrected chi connectivity index (χ4v) is 5.69. The van der Waals surface area contributed by atoms with Crippen molar-refractivity contribution in [3.8, 4) is 0 Å². The number of carbonyl (C=O) groups excluding carboxylic acids is 1. The molecular formula is C23H38N4O. The zero-order valence-corrected chi connectivity index (χ0v) is 17.9. The van der Waals surface area contributed by atoms with Gasteiger partial charge in [0.05, 0.1) is 12.0 Å². The lowest BCUT2D eigenvalue weighted by molar-refractivity contribution is -0.139. The monoisotopic (exact) mass is 386 g/mol. The van der Waals surface area contributed by atoms with Crippen LogP contribution in [0.4, 0.5) is 0 Å². The maximum absolute atomic E-state index is 12.5. The number of hydrogen-bond donors (Lipinski definition) is 0. The third-order valence-corrected chi connectivity index (χ3v) is 7.31. The van der Waals surface area contributed by atoms with Gasteiger partial charge in [-0.1, -0.05) is 26.7 Å². The number of nitrogens with zero attached hydrogens (tertiary/aromatic N) is 4. The van der Waals surface area contributed by atoms with Crippen molar-refractivity contribution in [3.05, 3.63) is 18.2 Å². The number of hydrogen-bond acceptors (Lipinski definition) is 3. The van der Waals surface area contributed by atoms with Crippen LogP contribution < -0.4 is 0 Å². The van der Waals surface area contributed by atoms with Gasteiger partial charge in [0.2, 0.25) is 5.91 Å².